The van der Waals surface area contributed by atoms with Crippen LogP contribution >= 0.6 is 0 Å². The second-order valence-electron chi connectivity index (χ2n) is 5.14. The first-order valence-electron chi connectivity index (χ1n) is 5.96. The first-order valence-corrected chi connectivity index (χ1v) is 5.96. The van der Waals surface area contributed by atoms with Gasteiger partial charge in [-0.05, 0) is 41.5 Å². The summed E-state index contributed by atoms with van der Waals surface area (Å²) in [5.41, 5.74) is 0. The second kappa shape index (κ2) is 4.63. The maximum Gasteiger partial charge on any atom is 0.0223 e. The van der Waals surface area contributed by atoms with Crippen molar-refractivity contribution >= 4 is 0 Å². The summed E-state index contributed by atoms with van der Waals surface area (Å²) in [5.74, 6) is 0. The molecule has 1 fully saturated rings. The van der Waals surface area contributed by atoms with E-state index in [1.165, 1.54) is 13.1 Å². The van der Waals surface area contributed by atoms with Crippen LogP contribution in [-0.4, -0.2) is 47.1 Å². The molecule has 0 aliphatic carbocycles. The molecule has 1 heterocycles. The summed E-state index contributed by atoms with van der Waals surface area (Å²) in [6, 6.07) is 2.74. The van der Waals surface area contributed by atoms with Gasteiger partial charge in [0.15, 0.2) is 0 Å². The lowest BCUT2D eigenvalue weighted by atomic mass is 10.0. The largest absolute Gasteiger partial charge is 0.295 e. The minimum absolute atomic E-state index is 0.682. The molecule has 1 aliphatic rings. The smallest absolute Gasteiger partial charge is 0.0223 e. The molecule has 0 bridgehead atoms. The Labute approximate surface area is 89.3 Å². The van der Waals surface area contributed by atoms with Crippen LogP contribution in [0, 0.1) is 0 Å². The number of piperazine rings is 1. The fourth-order valence-corrected chi connectivity index (χ4v) is 2.65. The van der Waals surface area contributed by atoms with Crippen molar-refractivity contribution in [2.45, 2.75) is 65.7 Å². The van der Waals surface area contributed by atoms with Crippen LogP contribution in [0.25, 0.3) is 0 Å². The Hall–Kier alpha value is -0.0800. The van der Waals surface area contributed by atoms with Gasteiger partial charge in [-0.1, -0.05) is 0 Å². The zero-order chi connectivity index (χ0) is 10.9. The highest BCUT2D eigenvalue weighted by Crippen LogP contribution is 2.20. The highest BCUT2D eigenvalue weighted by atomic mass is 15.3. The maximum atomic E-state index is 2.61. The average molecular weight is 198 g/mol. The molecule has 1 saturated heterocycles. The van der Waals surface area contributed by atoms with Crippen molar-refractivity contribution in [3.8, 4) is 0 Å². The topological polar surface area (TPSA) is 6.48 Å². The number of hydrogen-bond donors (Lipinski definition) is 0. The van der Waals surface area contributed by atoms with Gasteiger partial charge in [0, 0.05) is 37.3 Å². The third-order valence-corrected chi connectivity index (χ3v) is 3.69. The SMILES string of the molecule is CC(C)N1CCN(C(C)C)[C@H](C)[C@H]1C. The van der Waals surface area contributed by atoms with Crippen molar-refractivity contribution in [2.75, 3.05) is 13.1 Å². The molecule has 84 valence electrons. The Morgan fingerprint density at radius 1 is 0.786 bits per heavy atom. The number of hydrogen-bond acceptors (Lipinski definition) is 2. The van der Waals surface area contributed by atoms with Crippen LogP contribution in [-0.2, 0) is 0 Å². The van der Waals surface area contributed by atoms with E-state index in [0.717, 1.165) is 0 Å². The summed E-state index contributed by atoms with van der Waals surface area (Å²) in [7, 11) is 0. The lowest BCUT2D eigenvalue weighted by molar-refractivity contribution is 0.00129. The van der Waals surface area contributed by atoms with Gasteiger partial charge in [0.1, 0.15) is 0 Å². The highest BCUT2D eigenvalue weighted by molar-refractivity contribution is 4.88. The third-order valence-electron chi connectivity index (χ3n) is 3.69. The van der Waals surface area contributed by atoms with E-state index >= 15 is 0 Å². The van der Waals surface area contributed by atoms with Crippen molar-refractivity contribution in [1.29, 1.82) is 0 Å². The number of rotatable bonds is 2. The fraction of sp³-hybridized carbons (Fsp3) is 1.00. The van der Waals surface area contributed by atoms with E-state index in [-0.39, 0.29) is 0 Å². The van der Waals surface area contributed by atoms with Crippen molar-refractivity contribution in [2.24, 2.45) is 0 Å². The summed E-state index contributed by atoms with van der Waals surface area (Å²) in [6.45, 7) is 16.4. The molecule has 0 N–H and O–H groups in total. The lowest BCUT2D eigenvalue weighted by Crippen LogP contribution is -2.60. The Morgan fingerprint density at radius 2 is 1.07 bits per heavy atom. The van der Waals surface area contributed by atoms with E-state index < -0.39 is 0 Å². The predicted octanol–water partition coefficient (Wildman–Crippen LogP) is 2.20. The van der Waals surface area contributed by atoms with Crippen LogP contribution < -0.4 is 0 Å². The fourth-order valence-electron chi connectivity index (χ4n) is 2.65. The van der Waals surface area contributed by atoms with Gasteiger partial charge < -0.3 is 0 Å². The average Bonchev–Trinajstić information content (AvgIpc) is 2.08. The standard InChI is InChI=1S/C12H26N2/c1-9(2)13-7-8-14(10(3)4)12(6)11(13)5/h9-12H,7-8H2,1-6H3/t11-,12-/m1/s1. The normalized spacial score (nSPS) is 31.7. The molecular formula is C12H26N2. The van der Waals surface area contributed by atoms with Crippen molar-refractivity contribution in [3.05, 3.63) is 0 Å². The molecule has 0 saturated carbocycles. The Morgan fingerprint density at radius 3 is 1.29 bits per heavy atom. The molecule has 0 amide bonds. The zero-order valence-electron chi connectivity index (χ0n) is 10.6. The summed E-state index contributed by atoms with van der Waals surface area (Å²) in [4.78, 5) is 5.23. The van der Waals surface area contributed by atoms with E-state index in [1.54, 1.807) is 0 Å². The Balaban J connectivity index is 2.64. The van der Waals surface area contributed by atoms with Gasteiger partial charge in [-0.3, -0.25) is 9.80 Å². The van der Waals surface area contributed by atoms with Crippen LogP contribution in [0.5, 0.6) is 0 Å². The van der Waals surface area contributed by atoms with Gasteiger partial charge in [0.2, 0.25) is 0 Å². The van der Waals surface area contributed by atoms with Crippen molar-refractivity contribution < 1.29 is 0 Å². The molecule has 0 radical (unpaired) electrons. The molecule has 1 rings (SSSR count). The highest BCUT2D eigenvalue weighted by Gasteiger charge is 2.32. The van der Waals surface area contributed by atoms with Crippen molar-refractivity contribution in [3.63, 3.8) is 0 Å². The monoisotopic (exact) mass is 198 g/mol. The Bertz CT molecular complexity index is 157. The van der Waals surface area contributed by atoms with Gasteiger partial charge in [0.25, 0.3) is 0 Å². The van der Waals surface area contributed by atoms with Crippen LogP contribution in [0.4, 0.5) is 0 Å². The number of nitrogens with zero attached hydrogens (tertiary/aromatic N) is 2. The molecule has 0 unspecified atom stereocenters. The van der Waals surface area contributed by atoms with Gasteiger partial charge in [0.05, 0.1) is 0 Å². The van der Waals surface area contributed by atoms with Crippen LogP contribution in [0.15, 0.2) is 0 Å². The third kappa shape index (κ3) is 2.29. The van der Waals surface area contributed by atoms with Gasteiger partial charge in [-0.25, -0.2) is 0 Å². The molecule has 0 aromatic heterocycles. The van der Waals surface area contributed by atoms with Crippen molar-refractivity contribution in [1.82, 2.24) is 9.80 Å². The molecular weight excluding hydrogens is 172 g/mol. The van der Waals surface area contributed by atoms with E-state index in [4.69, 9.17) is 0 Å². The summed E-state index contributed by atoms with van der Waals surface area (Å²) < 4.78 is 0. The van der Waals surface area contributed by atoms with E-state index in [2.05, 4.69) is 51.3 Å². The van der Waals surface area contributed by atoms with Gasteiger partial charge >= 0.3 is 0 Å². The maximum absolute atomic E-state index is 2.61. The molecule has 0 spiro atoms. The van der Waals surface area contributed by atoms with Crippen LogP contribution in [0.3, 0.4) is 0 Å². The Kier molecular flexibility index (Phi) is 3.96. The van der Waals surface area contributed by atoms with Crippen LogP contribution in [0.1, 0.15) is 41.5 Å². The summed E-state index contributed by atoms with van der Waals surface area (Å²) in [6.07, 6.45) is 0. The molecule has 0 aromatic rings. The van der Waals surface area contributed by atoms with E-state index in [9.17, 15) is 0 Å². The first kappa shape index (κ1) is 12.0. The molecule has 0 aromatic carbocycles. The van der Waals surface area contributed by atoms with E-state index in [0.29, 0.717) is 24.2 Å². The zero-order valence-corrected chi connectivity index (χ0v) is 10.6. The lowest BCUT2D eigenvalue weighted by Gasteiger charge is -2.48. The summed E-state index contributed by atoms with van der Waals surface area (Å²) >= 11 is 0. The molecule has 2 nitrogen and oxygen atoms in total. The summed E-state index contributed by atoms with van der Waals surface area (Å²) in [5, 5.41) is 0. The minimum atomic E-state index is 0.682. The first-order chi connectivity index (χ1) is 6.45. The molecule has 1 aliphatic heterocycles. The molecule has 2 atom stereocenters. The van der Waals surface area contributed by atoms with Gasteiger partial charge in [-0.2, -0.15) is 0 Å². The molecule has 14 heavy (non-hydrogen) atoms. The molecule has 2 heteroatoms. The second-order valence-corrected chi connectivity index (χ2v) is 5.14. The predicted molar refractivity (Wildman–Crippen MR) is 62.6 cm³/mol. The quantitative estimate of drug-likeness (QED) is 0.671. The van der Waals surface area contributed by atoms with Crippen LogP contribution in [0.2, 0.25) is 0 Å². The van der Waals surface area contributed by atoms with Gasteiger partial charge in [-0.15, -0.1) is 0 Å². The minimum Gasteiger partial charge on any atom is -0.295 e. The van der Waals surface area contributed by atoms with E-state index in [1.807, 2.05) is 0 Å².